The van der Waals surface area contributed by atoms with E-state index in [-0.39, 0.29) is 0 Å². The summed E-state index contributed by atoms with van der Waals surface area (Å²) in [6.07, 6.45) is -10.7. The monoisotopic (exact) mass is 279 g/mol. The van der Waals surface area contributed by atoms with Gasteiger partial charge in [0.05, 0.1) is 6.61 Å². The van der Waals surface area contributed by atoms with Crippen molar-refractivity contribution in [2.75, 3.05) is 13.2 Å². The minimum atomic E-state index is -5.68. The van der Waals surface area contributed by atoms with Crippen LogP contribution in [0.2, 0.25) is 0 Å². The van der Waals surface area contributed by atoms with Gasteiger partial charge in [-0.05, 0) is 12.8 Å². The van der Waals surface area contributed by atoms with Crippen LogP contribution < -0.4 is 0 Å². The molecule has 3 nitrogen and oxygen atoms in total. The smallest absolute Gasteiger partial charge is 0.395 e. The van der Waals surface area contributed by atoms with Crippen molar-refractivity contribution in [3.8, 4) is 0 Å². The molecule has 0 aromatic heterocycles. The van der Waals surface area contributed by atoms with Crippen molar-refractivity contribution < 1.29 is 36.2 Å². The van der Waals surface area contributed by atoms with Crippen LogP contribution in [0.25, 0.3) is 0 Å². The molecule has 0 aromatic carbocycles. The first-order valence-electron chi connectivity index (χ1n) is 5.13. The molecule has 1 fully saturated rings. The number of carbonyl (C=O) groups excluding carboxylic acids is 1. The molecule has 18 heavy (non-hydrogen) atoms. The lowest BCUT2D eigenvalue weighted by Crippen LogP contribution is -2.51. The lowest BCUT2D eigenvalue weighted by atomic mass is 10.1. The molecule has 0 atom stereocenters. The van der Waals surface area contributed by atoms with Crippen LogP contribution in [0.4, 0.5) is 26.3 Å². The van der Waals surface area contributed by atoms with Crippen LogP contribution in [-0.4, -0.2) is 47.5 Å². The zero-order chi connectivity index (χ0) is 14.1. The number of nitrogens with zero attached hydrogens (tertiary/aromatic N) is 1. The molecule has 9 heteroatoms. The van der Waals surface area contributed by atoms with Crippen molar-refractivity contribution >= 4 is 5.91 Å². The van der Waals surface area contributed by atoms with Crippen LogP contribution in [0, 0.1) is 5.92 Å². The molecule has 0 aliphatic heterocycles. The summed E-state index contributed by atoms with van der Waals surface area (Å²) in [4.78, 5) is 11.8. The number of hydrogen-bond donors (Lipinski definition) is 1. The van der Waals surface area contributed by atoms with Crippen LogP contribution in [-0.2, 0) is 4.79 Å². The first-order chi connectivity index (χ1) is 8.09. The Morgan fingerprint density at radius 1 is 1.17 bits per heavy atom. The number of carbonyl (C=O) groups is 1. The van der Waals surface area contributed by atoms with E-state index in [1.165, 1.54) is 0 Å². The molecule has 1 saturated carbocycles. The molecule has 1 amide bonds. The van der Waals surface area contributed by atoms with E-state index in [0.29, 0.717) is 17.7 Å². The average Bonchev–Trinajstić information content (AvgIpc) is 2.91. The molecule has 1 aliphatic rings. The summed E-state index contributed by atoms with van der Waals surface area (Å²) in [6.45, 7) is -1.20. The van der Waals surface area contributed by atoms with Crippen LogP contribution >= 0.6 is 0 Å². The third-order valence-electron chi connectivity index (χ3n) is 2.51. The molecule has 0 unspecified atom stereocenters. The summed E-state index contributed by atoms with van der Waals surface area (Å²) in [6, 6.07) is -0.628. The minimum Gasteiger partial charge on any atom is -0.395 e. The Morgan fingerprint density at radius 3 is 1.89 bits per heavy atom. The number of aliphatic hydroxyl groups is 1. The van der Waals surface area contributed by atoms with Gasteiger partial charge < -0.3 is 10.0 Å². The minimum absolute atomic E-state index is 0.355. The maximum atomic E-state index is 12.3. The number of alkyl halides is 6. The maximum absolute atomic E-state index is 12.3. The first-order valence-corrected chi connectivity index (χ1v) is 5.13. The Kier molecular flexibility index (Phi) is 4.14. The summed E-state index contributed by atoms with van der Waals surface area (Å²) < 4.78 is 73.9. The van der Waals surface area contributed by atoms with E-state index >= 15 is 0 Å². The lowest BCUT2D eigenvalue weighted by molar-refractivity contribution is -0.277. The molecule has 0 saturated heterocycles. The van der Waals surface area contributed by atoms with E-state index in [1.54, 1.807) is 0 Å². The summed E-state index contributed by atoms with van der Waals surface area (Å²) in [5, 5.41) is 8.59. The molecule has 1 rings (SSSR count). The molecular formula is C9H11F6NO2. The fourth-order valence-corrected chi connectivity index (χ4v) is 1.60. The highest BCUT2D eigenvalue weighted by atomic mass is 19.4. The normalized spacial score (nSPS) is 17.1. The van der Waals surface area contributed by atoms with E-state index in [0.717, 1.165) is 0 Å². The molecule has 106 valence electrons. The Balaban J connectivity index is 2.94. The predicted molar refractivity (Wildman–Crippen MR) is 47.4 cm³/mol. The molecule has 0 heterocycles. The molecule has 0 bridgehead atoms. The largest absolute Gasteiger partial charge is 0.409 e. The standard InChI is InChI=1S/C9H11F6NO2/c10-8(11,12)6(9(13,14)15)7(18)16(3-4-17)5-1-2-5/h5-6,17H,1-4H2. The van der Waals surface area contributed by atoms with Crippen LogP contribution in [0.15, 0.2) is 0 Å². The maximum Gasteiger partial charge on any atom is 0.409 e. The Bertz CT molecular complexity index is 295. The van der Waals surface area contributed by atoms with Gasteiger partial charge in [0.25, 0.3) is 0 Å². The highest BCUT2D eigenvalue weighted by molar-refractivity contribution is 5.81. The van der Waals surface area contributed by atoms with Crippen molar-refractivity contribution in [1.29, 1.82) is 0 Å². The molecule has 1 aliphatic carbocycles. The third-order valence-corrected chi connectivity index (χ3v) is 2.51. The number of hydrogen-bond acceptors (Lipinski definition) is 2. The fraction of sp³-hybridized carbons (Fsp3) is 0.889. The number of rotatable bonds is 4. The van der Waals surface area contributed by atoms with Gasteiger partial charge in [0.2, 0.25) is 11.8 Å². The van der Waals surface area contributed by atoms with Crippen LogP contribution in [0.1, 0.15) is 12.8 Å². The van der Waals surface area contributed by atoms with E-state index < -0.39 is 43.4 Å². The van der Waals surface area contributed by atoms with Gasteiger partial charge in [-0.3, -0.25) is 4.79 Å². The first kappa shape index (κ1) is 15.1. The van der Waals surface area contributed by atoms with Gasteiger partial charge >= 0.3 is 12.4 Å². The highest BCUT2D eigenvalue weighted by Gasteiger charge is 2.62. The molecule has 0 spiro atoms. The highest BCUT2D eigenvalue weighted by Crippen LogP contribution is 2.42. The molecule has 0 aromatic rings. The molecule has 0 radical (unpaired) electrons. The van der Waals surface area contributed by atoms with Gasteiger partial charge in [0, 0.05) is 12.6 Å². The van der Waals surface area contributed by atoms with E-state index in [4.69, 9.17) is 5.11 Å². The van der Waals surface area contributed by atoms with E-state index in [1.807, 2.05) is 0 Å². The lowest BCUT2D eigenvalue weighted by Gasteiger charge is -2.29. The van der Waals surface area contributed by atoms with Crippen molar-refractivity contribution in [3.63, 3.8) is 0 Å². The van der Waals surface area contributed by atoms with Gasteiger partial charge in [0.15, 0.2) is 0 Å². The Morgan fingerprint density at radius 2 is 1.61 bits per heavy atom. The quantitative estimate of drug-likeness (QED) is 0.796. The summed E-state index contributed by atoms with van der Waals surface area (Å²) in [7, 11) is 0. The van der Waals surface area contributed by atoms with Crippen molar-refractivity contribution in [1.82, 2.24) is 4.90 Å². The van der Waals surface area contributed by atoms with Gasteiger partial charge in [-0.15, -0.1) is 0 Å². The van der Waals surface area contributed by atoms with Crippen molar-refractivity contribution in [2.24, 2.45) is 5.92 Å². The van der Waals surface area contributed by atoms with E-state index in [9.17, 15) is 31.1 Å². The second kappa shape index (κ2) is 4.94. The summed E-state index contributed by atoms with van der Waals surface area (Å²) >= 11 is 0. The van der Waals surface area contributed by atoms with Crippen molar-refractivity contribution in [2.45, 2.75) is 31.2 Å². The van der Waals surface area contributed by atoms with Crippen LogP contribution in [0.3, 0.4) is 0 Å². The third kappa shape index (κ3) is 3.50. The average molecular weight is 279 g/mol. The van der Waals surface area contributed by atoms with Crippen LogP contribution in [0.5, 0.6) is 0 Å². The van der Waals surface area contributed by atoms with Gasteiger partial charge in [0.1, 0.15) is 0 Å². The topological polar surface area (TPSA) is 40.5 Å². The fourth-order valence-electron chi connectivity index (χ4n) is 1.60. The second-order valence-corrected chi connectivity index (χ2v) is 4.00. The Labute approximate surface area is 98.4 Å². The van der Waals surface area contributed by atoms with Gasteiger partial charge in [-0.1, -0.05) is 0 Å². The second-order valence-electron chi connectivity index (χ2n) is 4.00. The van der Waals surface area contributed by atoms with Gasteiger partial charge in [-0.25, -0.2) is 0 Å². The Hall–Kier alpha value is -0.990. The summed E-state index contributed by atoms with van der Waals surface area (Å²) in [5.41, 5.74) is 0. The zero-order valence-electron chi connectivity index (χ0n) is 9.05. The zero-order valence-corrected chi connectivity index (χ0v) is 9.05. The summed E-state index contributed by atoms with van der Waals surface area (Å²) in [5.74, 6) is -6.05. The van der Waals surface area contributed by atoms with Gasteiger partial charge in [-0.2, -0.15) is 26.3 Å². The molecule has 1 N–H and O–H groups in total. The number of aliphatic hydroxyl groups excluding tert-OH is 1. The SMILES string of the molecule is O=C(C(C(F)(F)F)C(F)(F)F)N(CCO)C1CC1. The predicted octanol–water partition coefficient (Wildman–Crippen LogP) is 1.71. The molecular weight excluding hydrogens is 268 g/mol. The number of amides is 1. The van der Waals surface area contributed by atoms with E-state index in [2.05, 4.69) is 0 Å². The van der Waals surface area contributed by atoms with Crippen molar-refractivity contribution in [3.05, 3.63) is 0 Å². The number of halogens is 6.